The molecule has 0 spiro atoms. The van der Waals surface area contributed by atoms with Gasteiger partial charge in [0.2, 0.25) is 0 Å². The Labute approximate surface area is 71.8 Å². The monoisotopic (exact) mass is 168 g/mol. The van der Waals surface area contributed by atoms with Crippen LogP contribution in [0.1, 0.15) is 5.56 Å². The van der Waals surface area contributed by atoms with Crippen LogP contribution in [0.5, 0.6) is 5.75 Å². The summed E-state index contributed by atoms with van der Waals surface area (Å²) in [7, 11) is 1.69. The summed E-state index contributed by atoms with van der Waals surface area (Å²) in [6.07, 6.45) is 2.06. The van der Waals surface area contributed by atoms with Crippen LogP contribution in [-0.2, 0) is 0 Å². The van der Waals surface area contributed by atoms with Gasteiger partial charge in [-0.05, 0) is 36.9 Å². The lowest BCUT2D eigenvalue weighted by atomic mass is 10.2. The summed E-state index contributed by atoms with van der Waals surface area (Å²) in [5, 5.41) is 0. The first-order valence-electron chi connectivity index (χ1n) is 3.46. The van der Waals surface area contributed by atoms with Crippen LogP contribution in [0.15, 0.2) is 23.1 Å². The molecular weight excluding hydrogens is 156 g/mol. The molecule has 0 aliphatic heterocycles. The van der Waals surface area contributed by atoms with E-state index in [2.05, 4.69) is 19.2 Å². The summed E-state index contributed by atoms with van der Waals surface area (Å²) in [4.78, 5) is 1.25. The first kappa shape index (κ1) is 8.47. The molecule has 0 amide bonds. The molecule has 0 heterocycles. The molecule has 2 heteroatoms. The number of aryl methyl sites for hydroxylation is 1. The molecule has 11 heavy (non-hydrogen) atoms. The summed E-state index contributed by atoms with van der Waals surface area (Å²) in [5.41, 5.74) is 1.24. The third-order valence-corrected chi connectivity index (χ3v) is 2.20. The normalized spacial score (nSPS) is 9.73. The first-order valence-corrected chi connectivity index (χ1v) is 4.68. The summed E-state index contributed by atoms with van der Waals surface area (Å²) in [5.74, 6) is 0.939. The van der Waals surface area contributed by atoms with Crippen molar-refractivity contribution >= 4 is 11.8 Å². The molecule has 1 rings (SSSR count). The van der Waals surface area contributed by atoms with E-state index in [1.54, 1.807) is 18.9 Å². The lowest BCUT2D eigenvalue weighted by molar-refractivity contribution is 0.413. The van der Waals surface area contributed by atoms with Crippen molar-refractivity contribution in [1.82, 2.24) is 0 Å². The fourth-order valence-corrected chi connectivity index (χ4v) is 1.49. The molecule has 0 unspecified atom stereocenters. The van der Waals surface area contributed by atoms with Crippen LogP contribution < -0.4 is 4.74 Å². The zero-order chi connectivity index (χ0) is 8.27. The predicted octanol–water partition coefficient (Wildman–Crippen LogP) is 2.73. The second kappa shape index (κ2) is 3.67. The van der Waals surface area contributed by atoms with Crippen LogP contribution in [0.3, 0.4) is 0 Å². The highest BCUT2D eigenvalue weighted by Crippen LogP contribution is 2.22. The van der Waals surface area contributed by atoms with Gasteiger partial charge in [-0.3, -0.25) is 0 Å². The van der Waals surface area contributed by atoms with Crippen molar-refractivity contribution in [2.75, 3.05) is 13.4 Å². The van der Waals surface area contributed by atoms with Gasteiger partial charge in [0.05, 0.1) is 7.11 Å². The van der Waals surface area contributed by atoms with Crippen molar-refractivity contribution in [3.8, 4) is 5.75 Å². The van der Waals surface area contributed by atoms with Gasteiger partial charge < -0.3 is 4.74 Å². The number of thioether (sulfide) groups is 1. The van der Waals surface area contributed by atoms with Crippen LogP contribution >= 0.6 is 11.8 Å². The summed E-state index contributed by atoms with van der Waals surface area (Å²) >= 11 is 1.73. The van der Waals surface area contributed by atoms with E-state index in [4.69, 9.17) is 4.74 Å². The zero-order valence-corrected chi connectivity index (χ0v) is 7.87. The second-order valence-corrected chi connectivity index (χ2v) is 3.27. The zero-order valence-electron chi connectivity index (χ0n) is 7.05. The quantitative estimate of drug-likeness (QED) is 0.628. The topological polar surface area (TPSA) is 9.23 Å². The van der Waals surface area contributed by atoms with E-state index in [9.17, 15) is 0 Å². The van der Waals surface area contributed by atoms with Crippen molar-refractivity contribution in [3.05, 3.63) is 23.8 Å². The van der Waals surface area contributed by atoms with Gasteiger partial charge in [0.25, 0.3) is 0 Å². The third kappa shape index (κ3) is 2.15. The molecule has 0 aliphatic carbocycles. The van der Waals surface area contributed by atoms with Gasteiger partial charge >= 0.3 is 0 Å². The fraction of sp³-hybridized carbons (Fsp3) is 0.333. The maximum absolute atomic E-state index is 5.12. The molecule has 0 saturated carbocycles. The lowest BCUT2D eigenvalue weighted by Gasteiger charge is -2.03. The maximum atomic E-state index is 5.12. The number of ether oxygens (including phenoxy) is 1. The van der Waals surface area contributed by atoms with Crippen LogP contribution in [0, 0.1) is 6.92 Å². The molecule has 0 fully saturated rings. The molecule has 60 valence electrons. The molecule has 0 bridgehead atoms. The molecule has 1 aromatic carbocycles. The summed E-state index contributed by atoms with van der Waals surface area (Å²) in [6, 6.07) is 6.21. The Bertz CT molecular complexity index is 223. The Morgan fingerprint density at radius 2 is 2.00 bits per heavy atom. The average Bonchev–Trinajstić information content (AvgIpc) is 2.03. The highest BCUT2D eigenvalue weighted by molar-refractivity contribution is 7.98. The molecular formula is C9H12OS. The van der Waals surface area contributed by atoms with Gasteiger partial charge in [0, 0.05) is 4.90 Å². The molecule has 0 aromatic heterocycles. The Hall–Kier alpha value is -0.630. The number of methoxy groups -OCH3 is 1. The Kier molecular flexibility index (Phi) is 2.83. The van der Waals surface area contributed by atoms with Gasteiger partial charge in [0.15, 0.2) is 0 Å². The van der Waals surface area contributed by atoms with Crippen LogP contribution in [-0.4, -0.2) is 13.4 Å². The van der Waals surface area contributed by atoms with Gasteiger partial charge in [-0.15, -0.1) is 11.8 Å². The van der Waals surface area contributed by atoms with E-state index in [1.165, 1.54) is 10.5 Å². The summed E-state index contributed by atoms with van der Waals surface area (Å²) < 4.78 is 5.12. The van der Waals surface area contributed by atoms with Crippen molar-refractivity contribution in [2.24, 2.45) is 0 Å². The minimum atomic E-state index is 0.939. The predicted molar refractivity (Wildman–Crippen MR) is 49.5 cm³/mol. The van der Waals surface area contributed by atoms with E-state index in [0.717, 1.165) is 5.75 Å². The van der Waals surface area contributed by atoms with Gasteiger partial charge in [-0.2, -0.15) is 0 Å². The highest BCUT2D eigenvalue weighted by atomic mass is 32.2. The van der Waals surface area contributed by atoms with Crippen molar-refractivity contribution in [2.45, 2.75) is 11.8 Å². The lowest BCUT2D eigenvalue weighted by Crippen LogP contribution is -1.84. The highest BCUT2D eigenvalue weighted by Gasteiger charge is 1.95. The Morgan fingerprint density at radius 3 is 2.55 bits per heavy atom. The molecule has 0 aliphatic rings. The smallest absolute Gasteiger partial charge is 0.120 e. The van der Waals surface area contributed by atoms with Gasteiger partial charge in [-0.25, -0.2) is 0 Å². The molecule has 1 nitrogen and oxygen atoms in total. The maximum Gasteiger partial charge on any atom is 0.120 e. The number of hydrogen-bond acceptors (Lipinski definition) is 2. The van der Waals surface area contributed by atoms with E-state index in [1.807, 2.05) is 12.1 Å². The average molecular weight is 168 g/mol. The van der Waals surface area contributed by atoms with Crippen molar-refractivity contribution < 1.29 is 4.74 Å². The summed E-state index contributed by atoms with van der Waals surface area (Å²) in [6.45, 7) is 2.07. The number of hydrogen-bond donors (Lipinski definition) is 0. The van der Waals surface area contributed by atoms with E-state index < -0.39 is 0 Å². The Morgan fingerprint density at radius 1 is 1.27 bits per heavy atom. The number of benzene rings is 1. The molecule has 0 radical (unpaired) electrons. The minimum Gasteiger partial charge on any atom is -0.497 e. The molecule has 0 atom stereocenters. The molecule has 0 saturated heterocycles. The van der Waals surface area contributed by atoms with Gasteiger partial charge in [0.1, 0.15) is 5.75 Å². The Balaban J connectivity index is 3.02. The van der Waals surface area contributed by atoms with E-state index in [-0.39, 0.29) is 0 Å². The second-order valence-electron chi connectivity index (χ2n) is 2.39. The largest absolute Gasteiger partial charge is 0.497 e. The number of rotatable bonds is 2. The SMILES string of the molecule is COc1cc(C)cc(SC)c1. The van der Waals surface area contributed by atoms with E-state index in [0.29, 0.717) is 0 Å². The first-order chi connectivity index (χ1) is 5.26. The third-order valence-electron chi connectivity index (χ3n) is 1.50. The van der Waals surface area contributed by atoms with E-state index >= 15 is 0 Å². The fourth-order valence-electron chi connectivity index (χ4n) is 0.950. The molecule has 1 aromatic rings. The molecule has 0 N–H and O–H groups in total. The van der Waals surface area contributed by atoms with Crippen LogP contribution in [0.2, 0.25) is 0 Å². The standard InChI is InChI=1S/C9H12OS/c1-7-4-8(10-2)6-9(5-7)11-3/h4-6H,1-3H3. The van der Waals surface area contributed by atoms with Gasteiger partial charge in [-0.1, -0.05) is 0 Å². The minimum absolute atomic E-state index is 0.939. The van der Waals surface area contributed by atoms with Crippen molar-refractivity contribution in [1.29, 1.82) is 0 Å². The van der Waals surface area contributed by atoms with Crippen LogP contribution in [0.25, 0.3) is 0 Å². The van der Waals surface area contributed by atoms with Crippen LogP contribution in [0.4, 0.5) is 0 Å². The van der Waals surface area contributed by atoms with Crippen molar-refractivity contribution in [3.63, 3.8) is 0 Å².